The summed E-state index contributed by atoms with van der Waals surface area (Å²) in [7, 11) is 0. The number of nitro groups is 1. The molecule has 0 saturated heterocycles. The Balaban J connectivity index is 2.17. The maximum absolute atomic E-state index is 12.6. The zero-order chi connectivity index (χ0) is 22.3. The van der Waals surface area contributed by atoms with Crippen molar-refractivity contribution in [3.63, 3.8) is 0 Å². The number of nitro benzene ring substituents is 1. The first-order chi connectivity index (χ1) is 14.3. The summed E-state index contributed by atoms with van der Waals surface area (Å²) in [5, 5.41) is 25.8. The largest absolute Gasteiger partial charge is 0.494 e. The van der Waals surface area contributed by atoms with Crippen LogP contribution in [-0.2, 0) is 4.79 Å². The van der Waals surface area contributed by atoms with Crippen LogP contribution in [0.3, 0.4) is 0 Å². The third kappa shape index (κ3) is 5.72. The van der Waals surface area contributed by atoms with Crippen molar-refractivity contribution in [2.45, 2.75) is 26.8 Å². The van der Waals surface area contributed by atoms with Gasteiger partial charge in [-0.1, -0.05) is 29.3 Å². The first kappa shape index (κ1) is 22.7. The Hall–Kier alpha value is -3.57. The molecule has 9 heteroatoms. The van der Waals surface area contributed by atoms with E-state index >= 15 is 0 Å². The lowest BCUT2D eigenvalue weighted by atomic mass is 10.0. The van der Waals surface area contributed by atoms with E-state index in [4.69, 9.17) is 16.3 Å². The second-order valence-electron chi connectivity index (χ2n) is 6.41. The van der Waals surface area contributed by atoms with E-state index in [-0.39, 0.29) is 16.3 Å². The molecule has 0 bridgehead atoms. The number of carbonyl (C=O) groups excluding carboxylic acids is 1. The summed E-state index contributed by atoms with van der Waals surface area (Å²) in [4.78, 5) is 22.9. The number of halogens is 1. The molecule has 0 aromatic heterocycles. The van der Waals surface area contributed by atoms with E-state index in [0.29, 0.717) is 18.0 Å². The molecule has 156 valence electrons. The summed E-state index contributed by atoms with van der Waals surface area (Å²) in [5.74, 6) is 0.0647. The van der Waals surface area contributed by atoms with Gasteiger partial charge in [0.2, 0.25) is 0 Å². The number of nitriles is 1. The number of carbonyl (C=O) groups is 1. The maximum atomic E-state index is 12.6. The lowest BCUT2D eigenvalue weighted by Gasteiger charge is -2.18. The second-order valence-corrected chi connectivity index (χ2v) is 6.81. The number of hydrogen-bond donors (Lipinski definition) is 2. The van der Waals surface area contributed by atoms with E-state index in [2.05, 4.69) is 10.6 Å². The SMILES string of the molecule is CCOc1ccc(C)cc1C(C)NC(=O)/C(C#N)=C\Nc1ccc(Cl)c([N+](=O)[O-])c1. The van der Waals surface area contributed by atoms with Gasteiger partial charge in [0.25, 0.3) is 11.6 Å². The molecule has 0 radical (unpaired) electrons. The normalized spacial score (nSPS) is 11.9. The molecule has 8 nitrogen and oxygen atoms in total. The topological polar surface area (TPSA) is 117 Å². The minimum atomic E-state index is -0.616. The van der Waals surface area contributed by atoms with Crippen LogP contribution in [0.15, 0.2) is 48.2 Å². The number of aryl methyl sites for hydroxylation is 1. The van der Waals surface area contributed by atoms with E-state index in [0.717, 1.165) is 11.1 Å². The Labute approximate surface area is 179 Å². The van der Waals surface area contributed by atoms with Gasteiger partial charge in [-0.15, -0.1) is 0 Å². The van der Waals surface area contributed by atoms with Crippen LogP contribution in [-0.4, -0.2) is 17.4 Å². The smallest absolute Gasteiger partial charge is 0.289 e. The minimum Gasteiger partial charge on any atom is -0.494 e. The molecular formula is C21H21ClN4O4. The molecule has 2 aromatic carbocycles. The highest BCUT2D eigenvalue weighted by Gasteiger charge is 2.18. The molecule has 0 heterocycles. The molecule has 1 unspecified atom stereocenters. The van der Waals surface area contributed by atoms with Gasteiger partial charge in [0.15, 0.2) is 0 Å². The van der Waals surface area contributed by atoms with Gasteiger partial charge in [-0.3, -0.25) is 14.9 Å². The van der Waals surface area contributed by atoms with Gasteiger partial charge in [0.1, 0.15) is 22.4 Å². The number of rotatable bonds is 8. The van der Waals surface area contributed by atoms with E-state index in [1.165, 1.54) is 24.4 Å². The fraction of sp³-hybridized carbons (Fsp3) is 0.238. The van der Waals surface area contributed by atoms with Crippen LogP contribution >= 0.6 is 11.6 Å². The number of amides is 1. The van der Waals surface area contributed by atoms with Crippen LogP contribution in [0.25, 0.3) is 0 Å². The lowest BCUT2D eigenvalue weighted by molar-refractivity contribution is -0.384. The molecular weight excluding hydrogens is 408 g/mol. The Morgan fingerprint density at radius 3 is 2.73 bits per heavy atom. The van der Waals surface area contributed by atoms with Gasteiger partial charge in [-0.05, 0) is 39.0 Å². The van der Waals surface area contributed by atoms with Crippen molar-refractivity contribution in [2.24, 2.45) is 0 Å². The average molecular weight is 429 g/mol. The lowest BCUT2D eigenvalue weighted by Crippen LogP contribution is -2.28. The predicted molar refractivity (Wildman–Crippen MR) is 114 cm³/mol. The number of benzene rings is 2. The highest BCUT2D eigenvalue weighted by molar-refractivity contribution is 6.32. The van der Waals surface area contributed by atoms with Crippen molar-refractivity contribution in [1.82, 2.24) is 5.32 Å². The zero-order valence-corrected chi connectivity index (χ0v) is 17.5. The number of ether oxygens (including phenoxy) is 1. The molecule has 2 rings (SSSR count). The maximum Gasteiger partial charge on any atom is 0.289 e. The molecule has 1 atom stereocenters. The van der Waals surface area contributed by atoms with Crippen molar-refractivity contribution in [3.8, 4) is 11.8 Å². The number of nitrogens with one attached hydrogen (secondary N) is 2. The third-order valence-corrected chi connectivity index (χ3v) is 4.49. The fourth-order valence-electron chi connectivity index (χ4n) is 2.69. The van der Waals surface area contributed by atoms with E-state index in [1.807, 2.05) is 38.1 Å². The summed E-state index contributed by atoms with van der Waals surface area (Å²) in [6.45, 7) is 6.08. The molecule has 2 N–H and O–H groups in total. The third-order valence-electron chi connectivity index (χ3n) is 4.17. The highest BCUT2D eigenvalue weighted by atomic mass is 35.5. The van der Waals surface area contributed by atoms with Gasteiger partial charge < -0.3 is 15.4 Å². The monoisotopic (exact) mass is 428 g/mol. The van der Waals surface area contributed by atoms with Gasteiger partial charge in [-0.2, -0.15) is 5.26 Å². The van der Waals surface area contributed by atoms with Gasteiger partial charge in [0, 0.05) is 23.5 Å². The molecule has 0 spiro atoms. The Morgan fingerprint density at radius 1 is 1.37 bits per heavy atom. The number of nitrogens with zero attached hydrogens (tertiary/aromatic N) is 2. The molecule has 1 amide bonds. The average Bonchev–Trinajstić information content (AvgIpc) is 2.70. The quantitative estimate of drug-likeness (QED) is 0.273. The van der Waals surface area contributed by atoms with Crippen LogP contribution in [0.2, 0.25) is 5.02 Å². The summed E-state index contributed by atoms with van der Waals surface area (Å²) in [6.07, 6.45) is 1.19. The molecule has 0 aliphatic heterocycles. The molecule has 2 aromatic rings. The van der Waals surface area contributed by atoms with Gasteiger partial charge in [0.05, 0.1) is 17.6 Å². The highest BCUT2D eigenvalue weighted by Crippen LogP contribution is 2.28. The number of hydrogen-bond acceptors (Lipinski definition) is 6. The van der Waals surface area contributed by atoms with Crippen molar-refractivity contribution in [1.29, 1.82) is 5.26 Å². The Kier molecular flexibility index (Phi) is 7.78. The first-order valence-corrected chi connectivity index (χ1v) is 9.49. The summed E-state index contributed by atoms with van der Waals surface area (Å²) in [5.41, 5.74) is 1.65. The van der Waals surface area contributed by atoms with Crippen molar-refractivity contribution >= 4 is 28.9 Å². The van der Waals surface area contributed by atoms with E-state index in [9.17, 15) is 20.2 Å². The van der Waals surface area contributed by atoms with Gasteiger partial charge in [-0.25, -0.2) is 0 Å². The number of anilines is 1. The zero-order valence-electron chi connectivity index (χ0n) is 16.7. The molecule has 0 fully saturated rings. The van der Waals surface area contributed by atoms with E-state index in [1.54, 1.807) is 6.92 Å². The Bertz CT molecular complexity index is 1030. The first-order valence-electron chi connectivity index (χ1n) is 9.11. The molecule has 0 saturated carbocycles. The second kappa shape index (κ2) is 10.3. The van der Waals surface area contributed by atoms with Crippen LogP contribution in [0.5, 0.6) is 5.75 Å². The standard InChI is InChI=1S/C21H21ClN4O4/c1-4-30-20-8-5-13(2)9-17(20)14(3)25-21(27)15(11-23)12-24-16-6-7-18(22)19(10-16)26(28)29/h5-10,12,14,24H,4H2,1-3H3,(H,25,27)/b15-12-. The minimum absolute atomic E-state index is 0.00939. The van der Waals surface area contributed by atoms with Crippen LogP contribution in [0, 0.1) is 28.4 Å². The summed E-state index contributed by atoms with van der Waals surface area (Å²) >= 11 is 5.78. The predicted octanol–water partition coefficient (Wildman–Crippen LogP) is 4.65. The van der Waals surface area contributed by atoms with Crippen molar-refractivity contribution in [2.75, 3.05) is 11.9 Å². The van der Waals surface area contributed by atoms with Crippen molar-refractivity contribution < 1.29 is 14.5 Å². The molecule has 30 heavy (non-hydrogen) atoms. The van der Waals surface area contributed by atoms with Crippen LogP contribution in [0.1, 0.15) is 31.0 Å². The van der Waals surface area contributed by atoms with Crippen molar-refractivity contribution in [3.05, 3.63) is 74.4 Å². The summed E-state index contributed by atoms with van der Waals surface area (Å²) < 4.78 is 5.62. The van der Waals surface area contributed by atoms with E-state index < -0.39 is 16.9 Å². The van der Waals surface area contributed by atoms with Gasteiger partial charge >= 0.3 is 0 Å². The summed E-state index contributed by atoms with van der Waals surface area (Å²) in [6, 6.07) is 11.2. The fourth-order valence-corrected chi connectivity index (χ4v) is 2.88. The Morgan fingerprint density at radius 2 is 2.10 bits per heavy atom. The molecule has 0 aliphatic rings. The van der Waals surface area contributed by atoms with Crippen LogP contribution < -0.4 is 15.4 Å². The van der Waals surface area contributed by atoms with Crippen LogP contribution in [0.4, 0.5) is 11.4 Å². The molecule has 0 aliphatic carbocycles.